The van der Waals surface area contributed by atoms with Crippen LogP contribution in [0.4, 0.5) is 17.8 Å². The third-order valence-electron chi connectivity index (χ3n) is 3.38. The van der Waals surface area contributed by atoms with Crippen LogP contribution in [0.3, 0.4) is 0 Å². The van der Waals surface area contributed by atoms with Crippen molar-refractivity contribution in [2.24, 2.45) is 0 Å². The van der Waals surface area contributed by atoms with Gasteiger partial charge >= 0.3 is 0 Å². The minimum absolute atomic E-state index is 0.191. The molecule has 0 aliphatic carbocycles. The molecule has 1 aromatic heterocycles. The summed E-state index contributed by atoms with van der Waals surface area (Å²) in [5.74, 6) is 1.98. The second-order valence-corrected chi connectivity index (χ2v) is 4.88. The highest BCUT2D eigenvalue weighted by molar-refractivity contribution is 5.45. The van der Waals surface area contributed by atoms with Crippen molar-refractivity contribution in [2.75, 3.05) is 55.5 Å². The molecule has 7 nitrogen and oxygen atoms in total. The van der Waals surface area contributed by atoms with E-state index >= 15 is 0 Å². The molecule has 21 heavy (non-hydrogen) atoms. The first-order valence-electron chi connectivity index (χ1n) is 7.53. The molecule has 0 aliphatic heterocycles. The highest BCUT2D eigenvalue weighted by atomic mass is 16.5. The second kappa shape index (κ2) is 8.61. The summed E-state index contributed by atoms with van der Waals surface area (Å²) >= 11 is 0. The molecule has 0 aliphatic rings. The third kappa shape index (κ3) is 4.70. The summed E-state index contributed by atoms with van der Waals surface area (Å²) in [6.45, 7) is 11.4. The number of ether oxygens (including phenoxy) is 1. The summed E-state index contributed by atoms with van der Waals surface area (Å²) in [4.78, 5) is 17.7. The zero-order chi connectivity index (χ0) is 15.8. The van der Waals surface area contributed by atoms with E-state index in [0.717, 1.165) is 19.6 Å². The Balaban J connectivity index is 3.12. The van der Waals surface area contributed by atoms with Gasteiger partial charge in [0.1, 0.15) is 0 Å². The van der Waals surface area contributed by atoms with Gasteiger partial charge in [-0.3, -0.25) is 0 Å². The van der Waals surface area contributed by atoms with Gasteiger partial charge in [-0.15, -0.1) is 0 Å². The van der Waals surface area contributed by atoms with Gasteiger partial charge in [-0.2, -0.15) is 15.0 Å². The van der Waals surface area contributed by atoms with Crippen molar-refractivity contribution in [3.05, 3.63) is 0 Å². The molecular weight excluding hydrogens is 268 g/mol. The molecule has 1 N–H and O–H groups in total. The molecule has 1 aromatic rings. The van der Waals surface area contributed by atoms with Crippen LogP contribution in [0.15, 0.2) is 0 Å². The summed E-state index contributed by atoms with van der Waals surface area (Å²) < 4.78 is 5.21. The molecule has 1 heterocycles. The van der Waals surface area contributed by atoms with Crippen LogP contribution in [-0.2, 0) is 4.74 Å². The third-order valence-corrected chi connectivity index (χ3v) is 3.38. The van der Waals surface area contributed by atoms with Gasteiger partial charge < -0.3 is 19.9 Å². The zero-order valence-corrected chi connectivity index (χ0v) is 14.1. The van der Waals surface area contributed by atoms with Gasteiger partial charge in [-0.1, -0.05) is 0 Å². The van der Waals surface area contributed by atoms with Crippen molar-refractivity contribution < 1.29 is 4.74 Å². The van der Waals surface area contributed by atoms with Crippen molar-refractivity contribution in [3.8, 4) is 0 Å². The summed E-state index contributed by atoms with van der Waals surface area (Å²) in [5, 5.41) is 3.17. The lowest BCUT2D eigenvalue weighted by Crippen LogP contribution is -2.35. The predicted octanol–water partition coefficient (Wildman–Crippen LogP) is 1.62. The van der Waals surface area contributed by atoms with Crippen LogP contribution in [0.25, 0.3) is 0 Å². The Morgan fingerprint density at radius 1 is 1.10 bits per heavy atom. The molecule has 0 spiro atoms. The normalized spacial score (nSPS) is 12.1. The van der Waals surface area contributed by atoms with E-state index in [2.05, 4.69) is 45.9 Å². The standard InChI is InChI=1S/C14H28N6O/c1-7-15-12-16-13(19(5)11(4)10-21-6)18-14(17-12)20(8-2)9-3/h11H,7-10H2,1-6H3,(H,15,16,17,18). The highest BCUT2D eigenvalue weighted by Crippen LogP contribution is 2.17. The van der Waals surface area contributed by atoms with Gasteiger partial charge in [0.05, 0.1) is 12.6 Å². The molecule has 0 bridgehead atoms. The molecule has 0 amide bonds. The number of hydrogen-bond acceptors (Lipinski definition) is 7. The minimum atomic E-state index is 0.191. The average Bonchev–Trinajstić information content (AvgIpc) is 2.48. The summed E-state index contributed by atoms with van der Waals surface area (Å²) in [5.41, 5.74) is 0. The number of aromatic nitrogens is 3. The van der Waals surface area contributed by atoms with Gasteiger partial charge in [0.25, 0.3) is 0 Å². The minimum Gasteiger partial charge on any atom is -0.383 e. The fourth-order valence-electron chi connectivity index (χ4n) is 1.95. The largest absolute Gasteiger partial charge is 0.383 e. The lowest BCUT2D eigenvalue weighted by atomic mass is 10.3. The van der Waals surface area contributed by atoms with E-state index in [1.54, 1.807) is 7.11 Å². The smallest absolute Gasteiger partial charge is 0.232 e. The molecule has 1 unspecified atom stereocenters. The topological polar surface area (TPSA) is 66.4 Å². The molecular formula is C14H28N6O. The quantitative estimate of drug-likeness (QED) is 0.742. The number of likely N-dealkylation sites (N-methyl/N-ethyl adjacent to an activating group) is 1. The van der Waals surface area contributed by atoms with Gasteiger partial charge in [-0.25, -0.2) is 0 Å². The van der Waals surface area contributed by atoms with Crippen molar-refractivity contribution in [3.63, 3.8) is 0 Å². The van der Waals surface area contributed by atoms with Gasteiger partial charge in [0, 0.05) is 33.8 Å². The van der Waals surface area contributed by atoms with Crippen LogP contribution in [0, 0.1) is 0 Å². The predicted molar refractivity (Wildman–Crippen MR) is 87.3 cm³/mol. The SMILES string of the molecule is CCNc1nc(N(CC)CC)nc(N(C)C(C)COC)n1. The van der Waals surface area contributed by atoms with Crippen LogP contribution in [0.5, 0.6) is 0 Å². The molecule has 0 aromatic carbocycles. The molecule has 7 heteroatoms. The second-order valence-electron chi connectivity index (χ2n) is 4.88. The Labute approximate surface area is 127 Å². The fourth-order valence-corrected chi connectivity index (χ4v) is 1.95. The first-order chi connectivity index (χ1) is 10.1. The summed E-state index contributed by atoms with van der Waals surface area (Å²) in [6, 6.07) is 0.191. The van der Waals surface area contributed by atoms with E-state index in [-0.39, 0.29) is 6.04 Å². The van der Waals surface area contributed by atoms with Crippen LogP contribution < -0.4 is 15.1 Å². The lowest BCUT2D eigenvalue weighted by Gasteiger charge is -2.26. The molecule has 120 valence electrons. The number of hydrogen-bond donors (Lipinski definition) is 1. The van der Waals surface area contributed by atoms with Crippen molar-refractivity contribution in [1.82, 2.24) is 15.0 Å². The van der Waals surface area contributed by atoms with E-state index < -0.39 is 0 Å². The number of nitrogens with zero attached hydrogens (tertiary/aromatic N) is 5. The molecule has 1 rings (SSSR count). The monoisotopic (exact) mass is 296 g/mol. The number of methoxy groups -OCH3 is 1. The molecule has 0 saturated carbocycles. The first kappa shape index (κ1) is 17.4. The van der Waals surface area contributed by atoms with Gasteiger partial charge in [0.15, 0.2) is 0 Å². The Kier molecular flexibility index (Phi) is 7.14. The van der Waals surface area contributed by atoms with Crippen LogP contribution in [-0.4, -0.2) is 61.4 Å². The lowest BCUT2D eigenvalue weighted by molar-refractivity contribution is 0.183. The van der Waals surface area contributed by atoms with E-state index in [1.807, 2.05) is 18.9 Å². The van der Waals surface area contributed by atoms with Gasteiger partial charge in [0.2, 0.25) is 17.8 Å². The summed E-state index contributed by atoms with van der Waals surface area (Å²) in [7, 11) is 3.67. The molecule has 0 saturated heterocycles. The fraction of sp³-hybridized carbons (Fsp3) is 0.786. The van der Waals surface area contributed by atoms with Crippen molar-refractivity contribution in [2.45, 2.75) is 33.7 Å². The molecule has 0 radical (unpaired) electrons. The Bertz CT molecular complexity index is 424. The number of rotatable bonds is 9. The van der Waals surface area contributed by atoms with E-state index in [4.69, 9.17) is 4.74 Å². The van der Waals surface area contributed by atoms with Crippen LogP contribution in [0.1, 0.15) is 27.7 Å². The Morgan fingerprint density at radius 3 is 2.24 bits per heavy atom. The number of nitrogens with one attached hydrogen (secondary N) is 1. The van der Waals surface area contributed by atoms with Crippen LogP contribution >= 0.6 is 0 Å². The Morgan fingerprint density at radius 2 is 1.71 bits per heavy atom. The Hall–Kier alpha value is -1.63. The van der Waals surface area contributed by atoms with Crippen molar-refractivity contribution in [1.29, 1.82) is 0 Å². The average molecular weight is 296 g/mol. The maximum atomic E-state index is 5.21. The maximum Gasteiger partial charge on any atom is 0.232 e. The molecule has 1 atom stereocenters. The van der Waals surface area contributed by atoms with E-state index in [9.17, 15) is 0 Å². The molecule has 0 fully saturated rings. The van der Waals surface area contributed by atoms with Crippen molar-refractivity contribution >= 4 is 17.8 Å². The highest BCUT2D eigenvalue weighted by Gasteiger charge is 2.17. The maximum absolute atomic E-state index is 5.21. The van der Waals surface area contributed by atoms with E-state index in [1.165, 1.54) is 0 Å². The van der Waals surface area contributed by atoms with E-state index in [0.29, 0.717) is 24.5 Å². The van der Waals surface area contributed by atoms with Gasteiger partial charge in [-0.05, 0) is 27.7 Å². The first-order valence-corrected chi connectivity index (χ1v) is 7.53. The van der Waals surface area contributed by atoms with Crippen LogP contribution in [0.2, 0.25) is 0 Å². The number of anilines is 3. The summed E-state index contributed by atoms with van der Waals surface area (Å²) in [6.07, 6.45) is 0. The zero-order valence-electron chi connectivity index (χ0n) is 14.1.